The quantitative estimate of drug-likeness (QED) is 0.308. The van der Waals surface area contributed by atoms with E-state index in [-0.39, 0.29) is 0 Å². The van der Waals surface area contributed by atoms with E-state index in [1.165, 1.54) is 0 Å². The highest BCUT2D eigenvalue weighted by atomic mass is 31.1. The standard InChI is InChI=1S/C12H10O3P.C9H12O2P.C2H6.CH2O/c13-16(14-11-7-3-1-4-8-11)15-12-9-5-2-6-10-12;1-2-8-12(10)11-9-6-4-3-5-7-9;2*1-2/h1-10H;3-7H,2,8H2,1H3;1-2H3;1H2/q2*+1;;. The molecular formula is C24H30O6P2+2. The highest BCUT2D eigenvalue weighted by Gasteiger charge is 2.23. The number of rotatable bonds is 8. The van der Waals surface area contributed by atoms with Gasteiger partial charge in [0.2, 0.25) is 0 Å². The maximum Gasteiger partial charge on any atom is 0.805 e. The summed E-state index contributed by atoms with van der Waals surface area (Å²) in [7, 11) is -3.69. The average Bonchev–Trinajstić information content (AvgIpc) is 2.84. The second-order valence-electron chi connectivity index (χ2n) is 5.49. The molecule has 0 radical (unpaired) electrons. The van der Waals surface area contributed by atoms with Crippen molar-refractivity contribution >= 4 is 23.1 Å². The molecule has 8 heteroatoms. The number of carbonyl (C=O) groups excluding carboxylic acids is 1. The summed E-state index contributed by atoms with van der Waals surface area (Å²) in [5.74, 6) is 1.74. The van der Waals surface area contributed by atoms with Crippen LogP contribution in [0.15, 0.2) is 91.0 Å². The van der Waals surface area contributed by atoms with Crippen LogP contribution in [0.2, 0.25) is 0 Å². The molecule has 0 fully saturated rings. The summed E-state index contributed by atoms with van der Waals surface area (Å²) in [5, 5.41) is 0. The minimum atomic E-state index is -2.18. The summed E-state index contributed by atoms with van der Waals surface area (Å²) >= 11 is 0. The van der Waals surface area contributed by atoms with Gasteiger partial charge in [0, 0.05) is 4.57 Å². The summed E-state index contributed by atoms with van der Waals surface area (Å²) in [5.41, 5.74) is 0. The minimum Gasteiger partial charge on any atom is -0.307 e. The van der Waals surface area contributed by atoms with E-state index < -0.39 is 16.3 Å². The van der Waals surface area contributed by atoms with Crippen LogP contribution in [-0.4, -0.2) is 13.0 Å². The Hall–Kier alpha value is -3.07. The Morgan fingerprint density at radius 2 is 0.938 bits per heavy atom. The molecule has 0 saturated carbocycles. The largest absolute Gasteiger partial charge is 0.805 e. The molecule has 0 heterocycles. The van der Waals surface area contributed by atoms with E-state index in [0.717, 1.165) is 6.42 Å². The maximum absolute atomic E-state index is 11.5. The summed E-state index contributed by atoms with van der Waals surface area (Å²) in [6, 6.07) is 27.1. The fourth-order valence-electron chi connectivity index (χ4n) is 1.98. The molecule has 1 unspecified atom stereocenters. The lowest BCUT2D eigenvalue weighted by Gasteiger charge is -1.92. The molecule has 0 N–H and O–H groups in total. The molecule has 0 spiro atoms. The Balaban J connectivity index is 0.000000536. The van der Waals surface area contributed by atoms with Crippen molar-refractivity contribution in [3.05, 3.63) is 91.0 Å². The van der Waals surface area contributed by atoms with Crippen LogP contribution in [0.4, 0.5) is 0 Å². The van der Waals surface area contributed by atoms with Crippen molar-refractivity contribution in [1.82, 2.24) is 0 Å². The predicted octanol–water partition coefficient (Wildman–Crippen LogP) is 7.86. The van der Waals surface area contributed by atoms with E-state index in [1.807, 2.05) is 70.0 Å². The molecule has 0 amide bonds. The van der Waals surface area contributed by atoms with Gasteiger partial charge in [-0.25, -0.2) is 9.05 Å². The molecule has 1 atom stereocenters. The number of para-hydroxylation sites is 3. The number of benzene rings is 3. The minimum absolute atomic E-state index is 0.527. The third-order valence-corrected chi connectivity index (χ3v) is 5.15. The van der Waals surface area contributed by atoms with Gasteiger partial charge in [-0.05, 0) is 47.4 Å². The first-order valence-corrected chi connectivity index (χ1v) is 12.5. The molecule has 3 rings (SSSR count). The summed E-state index contributed by atoms with van der Waals surface area (Å²) in [4.78, 5) is 8.00. The Bertz CT molecular complexity index is 818. The molecule has 0 aliphatic carbocycles. The Labute approximate surface area is 192 Å². The van der Waals surface area contributed by atoms with Crippen LogP contribution in [0.3, 0.4) is 0 Å². The van der Waals surface area contributed by atoms with Gasteiger partial charge >= 0.3 is 16.3 Å². The fourth-order valence-corrected chi connectivity index (χ4v) is 3.42. The molecule has 32 heavy (non-hydrogen) atoms. The molecule has 3 aromatic rings. The van der Waals surface area contributed by atoms with Gasteiger partial charge < -0.3 is 4.79 Å². The van der Waals surface area contributed by atoms with Gasteiger partial charge in [-0.1, -0.05) is 75.4 Å². The summed E-state index contributed by atoms with van der Waals surface area (Å²) in [6.45, 7) is 7.99. The topological polar surface area (TPSA) is 78.9 Å². The van der Waals surface area contributed by atoms with Gasteiger partial charge in [0.05, 0.1) is 0 Å². The molecule has 0 aromatic heterocycles. The Morgan fingerprint density at radius 1 is 0.625 bits per heavy atom. The molecule has 6 nitrogen and oxygen atoms in total. The zero-order chi connectivity index (χ0) is 24.0. The lowest BCUT2D eigenvalue weighted by atomic mass is 10.3. The first-order valence-electron chi connectivity index (χ1n) is 10.1. The van der Waals surface area contributed by atoms with Crippen LogP contribution in [0.1, 0.15) is 27.2 Å². The molecule has 0 saturated heterocycles. The first kappa shape index (κ1) is 28.9. The normalized spacial score (nSPS) is 9.16. The van der Waals surface area contributed by atoms with Crippen molar-refractivity contribution in [3.8, 4) is 17.2 Å². The van der Waals surface area contributed by atoms with Crippen LogP contribution in [0.5, 0.6) is 17.2 Å². The summed E-state index contributed by atoms with van der Waals surface area (Å²) < 4.78 is 38.0. The van der Waals surface area contributed by atoms with E-state index in [2.05, 4.69) is 0 Å². The van der Waals surface area contributed by atoms with Crippen LogP contribution in [0, 0.1) is 0 Å². The van der Waals surface area contributed by atoms with Crippen LogP contribution in [-0.2, 0) is 13.9 Å². The molecular weight excluding hydrogens is 446 g/mol. The van der Waals surface area contributed by atoms with Crippen LogP contribution < -0.4 is 13.6 Å². The monoisotopic (exact) mass is 476 g/mol. The molecule has 170 valence electrons. The van der Waals surface area contributed by atoms with Gasteiger partial charge in [0.15, 0.2) is 23.4 Å². The smallest absolute Gasteiger partial charge is 0.307 e. The van der Waals surface area contributed by atoms with Gasteiger partial charge in [-0.3, -0.25) is 4.52 Å². The van der Waals surface area contributed by atoms with Gasteiger partial charge in [-0.2, -0.15) is 0 Å². The highest BCUT2D eigenvalue weighted by molar-refractivity contribution is 7.39. The van der Waals surface area contributed by atoms with Crippen molar-refractivity contribution in [2.75, 3.05) is 6.16 Å². The second-order valence-corrected chi connectivity index (χ2v) is 7.60. The molecule has 0 aliphatic heterocycles. The van der Waals surface area contributed by atoms with E-state index in [4.69, 9.17) is 18.4 Å². The lowest BCUT2D eigenvalue weighted by molar-refractivity contribution is -0.0980. The molecule has 0 aliphatic rings. The SMILES string of the molecule is C=O.CC.CCC[P+](=O)Oc1ccccc1.O=[P+](Oc1ccccc1)Oc1ccccc1. The van der Waals surface area contributed by atoms with Crippen molar-refractivity contribution in [3.63, 3.8) is 0 Å². The van der Waals surface area contributed by atoms with Crippen molar-refractivity contribution in [2.24, 2.45) is 0 Å². The number of carbonyl (C=O) groups is 1. The van der Waals surface area contributed by atoms with Gasteiger partial charge in [0.1, 0.15) is 6.79 Å². The summed E-state index contributed by atoms with van der Waals surface area (Å²) in [6.07, 6.45) is 1.52. The van der Waals surface area contributed by atoms with E-state index in [0.29, 0.717) is 23.4 Å². The van der Waals surface area contributed by atoms with Crippen molar-refractivity contribution in [1.29, 1.82) is 0 Å². The third-order valence-electron chi connectivity index (χ3n) is 3.20. The second kappa shape index (κ2) is 19.9. The third kappa shape index (κ3) is 14.0. The Morgan fingerprint density at radius 3 is 1.25 bits per heavy atom. The van der Waals surface area contributed by atoms with E-state index in [1.54, 1.807) is 48.5 Å². The maximum atomic E-state index is 11.5. The lowest BCUT2D eigenvalue weighted by Crippen LogP contribution is -1.87. The van der Waals surface area contributed by atoms with Gasteiger partial charge in [-0.15, -0.1) is 0 Å². The van der Waals surface area contributed by atoms with E-state index in [9.17, 15) is 9.13 Å². The highest BCUT2D eigenvalue weighted by Crippen LogP contribution is 2.29. The van der Waals surface area contributed by atoms with Crippen molar-refractivity contribution < 1.29 is 27.5 Å². The van der Waals surface area contributed by atoms with Crippen molar-refractivity contribution in [2.45, 2.75) is 27.2 Å². The first-order chi connectivity index (χ1) is 15.7. The van der Waals surface area contributed by atoms with Crippen LogP contribution >= 0.6 is 16.3 Å². The zero-order valence-electron chi connectivity index (χ0n) is 18.6. The number of hydrogen-bond acceptors (Lipinski definition) is 6. The average molecular weight is 476 g/mol. The zero-order valence-corrected chi connectivity index (χ0v) is 20.4. The molecule has 0 bridgehead atoms. The Kier molecular flexibility index (Phi) is 18.0. The predicted molar refractivity (Wildman–Crippen MR) is 130 cm³/mol. The van der Waals surface area contributed by atoms with Gasteiger partial charge in [0.25, 0.3) is 0 Å². The molecule has 3 aromatic carbocycles. The van der Waals surface area contributed by atoms with E-state index >= 15 is 0 Å². The van der Waals surface area contributed by atoms with Crippen LogP contribution in [0.25, 0.3) is 0 Å². The number of hydrogen-bond donors (Lipinski definition) is 0. The fraction of sp³-hybridized carbons (Fsp3) is 0.208.